The fraction of sp³-hybridized carbons (Fsp3) is 0.750. The van der Waals surface area contributed by atoms with Crippen LogP contribution >= 0.6 is 0 Å². The monoisotopic (exact) mass is 169 g/mol. The van der Waals surface area contributed by atoms with Crippen molar-refractivity contribution < 1.29 is 4.79 Å². The van der Waals surface area contributed by atoms with Crippen molar-refractivity contribution in [2.75, 3.05) is 27.2 Å². The Morgan fingerprint density at radius 1 is 1.50 bits per heavy atom. The molecule has 1 N–H and O–H groups in total. The van der Waals surface area contributed by atoms with E-state index in [1.54, 1.807) is 19.0 Å². The maximum atomic E-state index is 11.0. The second kappa shape index (κ2) is 6.62. The Morgan fingerprint density at radius 3 is 2.67 bits per heavy atom. The molecule has 0 spiro atoms. The van der Waals surface area contributed by atoms with Crippen LogP contribution in [0.15, 0.2) is 0 Å². The minimum atomic E-state index is 0.111. The van der Waals surface area contributed by atoms with Crippen LogP contribution in [0.4, 0.5) is 0 Å². The number of nitriles is 1. The van der Waals surface area contributed by atoms with Crippen LogP contribution < -0.4 is 5.32 Å². The van der Waals surface area contributed by atoms with Gasteiger partial charge in [-0.3, -0.25) is 4.79 Å². The van der Waals surface area contributed by atoms with Crippen molar-refractivity contribution in [2.45, 2.75) is 12.8 Å². The Balaban J connectivity index is 3.21. The highest BCUT2D eigenvalue weighted by atomic mass is 16.2. The minimum absolute atomic E-state index is 0.111. The van der Waals surface area contributed by atoms with Gasteiger partial charge < -0.3 is 10.2 Å². The lowest BCUT2D eigenvalue weighted by Gasteiger charge is -2.09. The first kappa shape index (κ1) is 10.9. The van der Waals surface area contributed by atoms with E-state index in [2.05, 4.69) is 5.32 Å². The van der Waals surface area contributed by atoms with Gasteiger partial charge in [0.25, 0.3) is 0 Å². The molecule has 0 atom stereocenters. The first-order valence-electron chi connectivity index (χ1n) is 3.96. The molecule has 0 saturated carbocycles. The molecule has 0 bridgehead atoms. The Kier molecular flexibility index (Phi) is 6.02. The predicted molar refractivity (Wildman–Crippen MR) is 46.4 cm³/mol. The zero-order valence-corrected chi connectivity index (χ0v) is 7.63. The quantitative estimate of drug-likeness (QED) is 0.588. The van der Waals surface area contributed by atoms with E-state index in [0.717, 1.165) is 0 Å². The maximum Gasteiger partial charge on any atom is 0.223 e. The van der Waals surface area contributed by atoms with Crippen molar-refractivity contribution in [3.63, 3.8) is 0 Å². The van der Waals surface area contributed by atoms with Gasteiger partial charge in [-0.2, -0.15) is 5.26 Å². The summed E-state index contributed by atoms with van der Waals surface area (Å²) >= 11 is 0. The summed E-state index contributed by atoms with van der Waals surface area (Å²) in [4.78, 5) is 12.6. The number of carbonyl (C=O) groups excluding carboxylic acids is 1. The van der Waals surface area contributed by atoms with Gasteiger partial charge >= 0.3 is 0 Å². The fourth-order valence-electron chi connectivity index (χ4n) is 0.688. The predicted octanol–water partition coefficient (Wildman–Crippen LogP) is -0.0320. The van der Waals surface area contributed by atoms with E-state index in [4.69, 9.17) is 5.26 Å². The summed E-state index contributed by atoms with van der Waals surface area (Å²) in [6, 6.07) is 2.02. The molecule has 0 heterocycles. The Morgan fingerprint density at radius 2 is 2.17 bits per heavy atom. The number of rotatable bonds is 5. The van der Waals surface area contributed by atoms with E-state index in [1.165, 1.54) is 0 Å². The van der Waals surface area contributed by atoms with Crippen molar-refractivity contribution in [1.29, 1.82) is 5.26 Å². The van der Waals surface area contributed by atoms with E-state index in [-0.39, 0.29) is 5.91 Å². The molecule has 0 saturated heterocycles. The van der Waals surface area contributed by atoms with Gasteiger partial charge in [0.1, 0.15) is 0 Å². The van der Waals surface area contributed by atoms with Crippen LogP contribution in [0, 0.1) is 11.3 Å². The highest BCUT2D eigenvalue weighted by molar-refractivity contribution is 5.75. The highest BCUT2D eigenvalue weighted by Gasteiger charge is 2.01. The summed E-state index contributed by atoms with van der Waals surface area (Å²) in [5.74, 6) is 0.111. The molecule has 4 heteroatoms. The third-order valence-electron chi connectivity index (χ3n) is 1.43. The molecule has 0 unspecified atom stereocenters. The summed E-state index contributed by atoms with van der Waals surface area (Å²) in [6.07, 6.45) is 0.995. The van der Waals surface area contributed by atoms with Crippen LogP contribution in [0.1, 0.15) is 12.8 Å². The number of hydrogen-bond donors (Lipinski definition) is 1. The lowest BCUT2D eigenvalue weighted by atomic mass is 10.3. The zero-order valence-electron chi connectivity index (χ0n) is 7.63. The van der Waals surface area contributed by atoms with E-state index in [9.17, 15) is 4.79 Å². The summed E-state index contributed by atoms with van der Waals surface area (Å²) in [5, 5.41) is 11.2. The third-order valence-corrected chi connectivity index (χ3v) is 1.43. The van der Waals surface area contributed by atoms with Crippen LogP contribution in [0.25, 0.3) is 0 Å². The first-order valence-corrected chi connectivity index (χ1v) is 3.96. The molecular weight excluding hydrogens is 154 g/mol. The molecule has 12 heavy (non-hydrogen) atoms. The van der Waals surface area contributed by atoms with Crippen LogP contribution in [0.3, 0.4) is 0 Å². The molecule has 0 aromatic carbocycles. The molecule has 0 aromatic rings. The topological polar surface area (TPSA) is 56.1 Å². The van der Waals surface area contributed by atoms with Crippen LogP contribution in [-0.2, 0) is 4.79 Å². The molecule has 0 radical (unpaired) electrons. The highest BCUT2D eigenvalue weighted by Crippen LogP contribution is 1.84. The van der Waals surface area contributed by atoms with E-state index >= 15 is 0 Å². The Labute approximate surface area is 73.2 Å². The van der Waals surface area contributed by atoms with Crippen molar-refractivity contribution >= 4 is 5.91 Å². The fourth-order valence-corrected chi connectivity index (χ4v) is 0.688. The van der Waals surface area contributed by atoms with Gasteiger partial charge in [-0.15, -0.1) is 0 Å². The minimum Gasteiger partial charge on any atom is -0.349 e. The van der Waals surface area contributed by atoms with Crippen molar-refractivity contribution in [2.24, 2.45) is 0 Å². The molecule has 0 fully saturated rings. The lowest BCUT2D eigenvalue weighted by Crippen LogP contribution is -2.27. The number of nitrogens with zero attached hydrogens (tertiary/aromatic N) is 2. The first-order chi connectivity index (χ1) is 5.68. The molecule has 0 aliphatic carbocycles. The molecule has 4 nitrogen and oxygen atoms in total. The molecule has 0 rings (SSSR count). The number of carbonyl (C=O) groups is 1. The molecular formula is C8H15N3O. The standard InChI is InChI=1S/C8H15N3O/c1-11(2)8(12)4-7-10-6-3-5-9/h10H,3-4,6-7H2,1-2H3. The second-order valence-electron chi connectivity index (χ2n) is 2.70. The van der Waals surface area contributed by atoms with E-state index < -0.39 is 0 Å². The summed E-state index contributed by atoms with van der Waals surface area (Å²) < 4.78 is 0. The molecule has 0 aliphatic rings. The lowest BCUT2D eigenvalue weighted by molar-refractivity contribution is -0.128. The van der Waals surface area contributed by atoms with E-state index in [1.807, 2.05) is 6.07 Å². The Hall–Kier alpha value is -1.08. The summed E-state index contributed by atoms with van der Waals surface area (Å²) in [7, 11) is 3.47. The number of amides is 1. The van der Waals surface area contributed by atoms with Crippen molar-refractivity contribution in [3.05, 3.63) is 0 Å². The smallest absolute Gasteiger partial charge is 0.223 e. The van der Waals surface area contributed by atoms with Crippen molar-refractivity contribution in [3.8, 4) is 6.07 Å². The summed E-state index contributed by atoms with van der Waals surface area (Å²) in [5.41, 5.74) is 0. The van der Waals surface area contributed by atoms with Gasteiger partial charge in [0.05, 0.1) is 6.07 Å². The average molecular weight is 169 g/mol. The average Bonchev–Trinajstić information content (AvgIpc) is 2.03. The molecule has 0 aromatic heterocycles. The second-order valence-corrected chi connectivity index (χ2v) is 2.70. The van der Waals surface area contributed by atoms with Crippen LogP contribution in [-0.4, -0.2) is 38.0 Å². The third kappa shape index (κ3) is 5.69. The van der Waals surface area contributed by atoms with E-state index in [0.29, 0.717) is 25.9 Å². The SMILES string of the molecule is CN(C)C(=O)CCNCCC#N. The van der Waals surface area contributed by atoms with Crippen LogP contribution in [0.2, 0.25) is 0 Å². The van der Waals surface area contributed by atoms with Gasteiger partial charge in [0.15, 0.2) is 0 Å². The van der Waals surface area contributed by atoms with Gasteiger partial charge in [0, 0.05) is 40.0 Å². The maximum absolute atomic E-state index is 11.0. The largest absolute Gasteiger partial charge is 0.349 e. The normalized spacial score (nSPS) is 9.08. The van der Waals surface area contributed by atoms with Gasteiger partial charge in [-0.05, 0) is 0 Å². The number of nitrogens with one attached hydrogen (secondary N) is 1. The van der Waals surface area contributed by atoms with Gasteiger partial charge in [-0.25, -0.2) is 0 Å². The molecule has 1 amide bonds. The zero-order chi connectivity index (χ0) is 9.40. The number of hydrogen-bond acceptors (Lipinski definition) is 3. The Bertz CT molecular complexity index is 172. The van der Waals surface area contributed by atoms with Gasteiger partial charge in [0.2, 0.25) is 5.91 Å². The van der Waals surface area contributed by atoms with Crippen molar-refractivity contribution in [1.82, 2.24) is 10.2 Å². The van der Waals surface area contributed by atoms with Gasteiger partial charge in [-0.1, -0.05) is 0 Å². The molecule has 68 valence electrons. The van der Waals surface area contributed by atoms with Crippen LogP contribution in [0.5, 0.6) is 0 Å². The summed E-state index contributed by atoms with van der Waals surface area (Å²) in [6.45, 7) is 1.32. The molecule has 0 aliphatic heterocycles.